The minimum atomic E-state index is -5.04. The summed E-state index contributed by atoms with van der Waals surface area (Å²) in [5.41, 5.74) is -2.45. The van der Waals surface area contributed by atoms with Gasteiger partial charge in [-0.15, -0.1) is 0 Å². The van der Waals surface area contributed by atoms with Crippen LogP contribution in [0.3, 0.4) is 0 Å². The first-order valence-corrected chi connectivity index (χ1v) is 18.4. The number of rotatable bonds is 8. The Bertz CT molecular complexity index is 1530. The summed E-state index contributed by atoms with van der Waals surface area (Å²) in [5, 5.41) is 0.715. The van der Waals surface area contributed by atoms with E-state index in [4.69, 9.17) is 36.2 Å². The van der Waals surface area contributed by atoms with Crippen LogP contribution >= 0.6 is 23.2 Å². The summed E-state index contributed by atoms with van der Waals surface area (Å²) in [4.78, 5) is 14.5. The molecule has 0 aromatic heterocycles. The molecule has 5 rings (SSSR count). The lowest BCUT2D eigenvalue weighted by atomic mass is 9.67. The molecular weight excluding hydrogens is 705 g/mol. The zero-order chi connectivity index (χ0) is 35.7. The Morgan fingerprint density at radius 2 is 1.50 bits per heavy atom. The largest absolute Gasteiger partial charge is 0.748 e. The third-order valence-corrected chi connectivity index (χ3v) is 11.1. The molecule has 1 aliphatic carbocycles. The van der Waals surface area contributed by atoms with Crippen LogP contribution in [-0.4, -0.2) is 74.3 Å². The molecule has 2 bridgehead atoms. The first-order valence-electron chi connectivity index (χ1n) is 15.9. The summed E-state index contributed by atoms with van der Waals surface area (Å²) in [6.45, 7) is 4.37. The predicted molar refractivity (Wildman–Crippen MR) is 171 cm³/mol. The Hall–Kier alpha value is -2.06. The second-order valence-electron chi connectivity index (χ2n) is 13.7. The first-order chi connectivity index (χ1) is 22.1. The summed E-state index contributed by atoms with van der Waals surface area (Å²) in [6, 6.07) is 6.23. The molecule has 2 heterocycles. The number of quaternary nitrogens is 1. The fraction of sp³-hybridized carbons (Fsp3) is 0.606. The lowest BCUT2D eigenvalue weighted by Crippen LogP contribution is -2.45. The summed E-state index contributed by atoms with van der Waals surface area (Å²) >= 11 is 12.5. The van der Waals surface area contributed by atoms with Crippen LogP contribution in [0.1, 0.15) is 84.3 Å². The fourth-order valence-corrected chi connectivity index (χ4v) is 8.27. The van der Waals surface area contributed by atoms with Crippen molar-refractivity contribution < 1.29 is 48.6 Å². The molecule has 268 valence electrons. The quantitative estimate of drug-likeness (QED) is 0.154. The van der Waals surface area contributed by atoms with Gasteiger partial charge in [0.15, 0.2) is 0 Å². The predicted octanol–water partition coefficient (Wildman–Crippen LogP) is 8.63. The Morgan fingerprint density at radius 3 is 2.00 bits per heavy atom. The summed E-state index contributed by atoms with van der Waals surface area (Å²) in [6.07, 6.45) is 0.227. The van der Waals surface area contributed by atoms with Crippen LogP contribution in [0.5, 0.6) is 0 Å². The average molecular weight is 746 g/mol. The van der Waals surface area contributed by atoms with Crippen LogP contribution in [0.25, 0.3) is 0 Å². The molecule has 2 aromatic carbocycles. The van der Waals surface area contributed by atoms with E-state index in [0.717, 1.165) is 42.1 Å². The van der Waals surface area contributed by atoms with Gasteiger partial charge in [-0.05, 0) is 54.7 Å². The number of likely N-dealkylation sites (N-methyl/N-ethyl adjacent to an activating group) is 1. The van der Waals surface area contributed by atoms with E-state index in [-0.39, 0.29) is 18.5 Å². The maximum absolute atomic E-state index is 13.5. The number of piperidine rings is 1. The van der Waals surface area contributed by atoms with E-state index >= 15 is 0 Å². The number of hydrogen-bond donors (Lipinski definition) is 0. The molecular formula is C33H40Cl2F6N2O4S. The third-order valence-electron chi connectivity index (χ3n) is 10.3. The highest BCUT2D eigenvalue weighted by Crippen LogP contribution is 2.54. The van der Waals surface area contributed by atoms with Gasteiger partial charge in [-0.25, -0.2) is 8.42 Å². The zero-order valence-corrected chi connectivity index (χ0v) is 29.1. The summed E-state index contributed by atoms with van der Waals surface area (Å²) in [5.74, 6) is -0.367. The Labute approximate surface area is 287 Å². The Kier molecular flexibility index (Phi) is 11.8. The van der Waals surface area contributed by atoms with Crippen LogP contribution in [0, 0.1) is 11.3 Å². The van der Waals surface area contributed by atoms with E-state index in [9.17, 15) is 31.1 Å². The normalized spacial score (nSPS) is 23.8. The zero-order valence-electron chi connectivity index (χ0n) is 26.8. The number of nitrogens with zero attached hydrogens (tertiary/aromatic N) is 2. The number of alkyl halides is 6. The molecule has 0 N–H and O–H groups in total. The Balaban J connectivity index is 0.000000968. The van der Waals surface area contributed by atoms with E-state index in [0.29, 0.717) is 40.3 Å². The van der Waals surface area contributed by atoms with E-state index in [1.165, 1.54) is 56.9 Å². The van der Waals surface area contributed by atoms with E-state index in [1.54, 1.807) is 12.1 Å². The van der Waals surface area contributed by atoms with Crippen molar-refractivity contribution in [1.82, 2.24) is 4.90 Å². The van der Waals surface area contributed by atoms with Crippen molar-refractivity contribution in [2.24, 2.45) is 11.3 Å². The van der Waals surface area contributed by atoms with Gasteiger partial charge in [0.2, 0.25) is 0 Å². The molecule has 1 unspecified atom stereocenters. The molecule has 6 nitrogen and oxygen atoms in total. The van der Waals surface area contributed by atoms with Gasteiger partial charge in [0.1, 0.15) is 0 Å². The molecule has 0 spiro atoms. The van der Waals surface area contributed by atoms with E-state index < -0.39 is 45.1 Å². The van der Waals surface area contributed by atoms with Gasteiger partial charge >= 0.3 is 12.4 Å². The smallest absolute Gasteiger partial charge is 0.416 e. The highest BCUT2D eigenvalue weighted by molar-refractivity contribution is 7.84. The molecule has 0 radical (unpaired) electrons. The van der Waals surface area contributed by atoms with Gasteiger partial charge in [-0.2, -0.15) is 26.3 Å². The highest BCUT2D eigenvalue weighted by Gasteiger charge is 2.58. The lowest BCUT2D eigenvalue weighted by Gasteiger charge is -2.35. The van der Waals surface area contributed by atoms with E-state index in [2.05, 4.69) is 0 Å². The lowest BCUT2D eigenvalue weighted by molar-refractivity contribution is -0.909. The number of carbonyl (C=O) groups excluding carboxylic acids is 1. The molecule has 1 amide bonds. The monoisotopic (exact) mass is 744 g/mol. The second-order valence-corrected chi connectivity index (χ2v) is 15.9. The van der Waals surface area contributed by atoms with Crippen molar-refractivity contribution in [2.75, 3.05) is 46.0 Å². The highest BCUT2D eigenvalue weighted by atomic mass is 35.5. The van der Waals surface area contributed by atoms with Crippen LogP contribution in [0.4, 0.5) is 26.3 Å². The number of halogens is 8. The van der Waals surface area contributed by atoms with Gasteiger partial charge in [-0.1, -0.05) is 48.5 Å². The van der Waals surface area contributed by atoms with Crippen molar-refractivity contribution in [2.45, 2.75) is 69.6 Å². The van der Waals surface area contributed by atoms with Gasteiger partial charge in [0.25, 0.3) is 5.91 Å². The molecule has 3 fully saturated rings. The Morgan fingerprint density at radius 1 is 0.958 bits per heavy atom. The van der Waals surface area contributed by atoms with Crippen molar-refractivity contribution in [3.05, 3.63) is 68.7 Å². The molecule has 48 heavy (non-hydrogen) atoms. The molecule has 2 saturated heterocycles. The number of fused-ring (bicyclic) bond motifs is 2. The van der Waals surface area contributed by atoms with Crippen LogP contribution < -0.4 is 0 Å². The maximum Gasteiger partial charge on any atom is 0.416 e. The fourth-order valence-electron chi connectivity index (χ4n) is 7.97. The van der Waals surface area contributed by atoms with Gasteiger partial charge in [-0.3, -0.25) is 4.79 Å². The summed E-state index contributed by atoms with van der Waals surface area (Å²) < 4.78 is 109. The minimum absolute atomic E-state index is 0.0308. The van der Waals surface area contributed by atoms with Crippen molar-refractivity contribution in [1.29, 1.82) is 0 Å². The molecule has 2 aliphatic heterocycles. The molecule has 1 saturated carbocycles. The standard InChI is InChI=1S/C32H37Cl2F6N2O.CH4O3S/c1-41(29(43)23-15-25(31(35,36)37)18-26(16-23)32(38,39)40)19-22(21-7-8-27(33)28(34)17-21)9-12-42-13-10-30(20-42,11-14-42)24-5-3-2-4-6-24;1-5(2,3)4/h7-8,15-18,22,24H,2-6,9-14,19-20H2,1H3;1H3,(H,2,3,4)/q+1;/p-1. The third kappa shape index (κ3) is 9.80. The molecule has 1 atom stereocenters. The average Bonchev–Trinajstić information content (AvgIpc) is 3.57. The topological polar surface area (TPSA) is 77.5 Å². The van der Waals surface area contributed by atoms with Gasteiger partial charge < -0.3 is 13.9 Å². The number of carbonyl (C=O) groups is 1. The maximum atomic E-state index is 13.5. The number of hydrogen-bond acceptors (Lipinski definition) is 4. The van der Waals surface area contributed by atoms with E-state index in [1.807, 2.05) is 6.07 Å². The molecule has 2 aromatic rings. The summed E-state index contributed by atoms with van der Waals surface area (Å²) in [7, 11) is -2.51. The minimum Gasteiger partial charge on any atom is -0.748 e. The van der Waals surface area contributed by atoms with Crippen molar-refractivity contribution in [3.63, 3.8) is 0 Å². The van der Waals surface area contributed by atoms with Gasteiger partial charge in [0.05, 0.1) is 57.5 Å². The molecule has 15 heteroatoms. The van der Waals surface area contributed by atoms with Crippen LogP contribution in [0.15, 0.2) is 36.4 Å². The SMILES string of the molecule is CN(CC(CC[N+]12CCC(C3CCCCC3)(CC1)C2)c1ccc(Cl)c(Cl)c1)C(=O)c1cc(C(F)(F)F)cc(C(F)(F)F)c1.CS(=O)(=O)[O-]. The van der Waals surface area contributed by atoms with Crippen molar-refractivity contribution >= 4 is 39.2 Å². The number of benzene rings is 2. The van der Waals surface area contributed by atoms with Crippen molar-refractivity contribution in [3.8, 4) is 0 Å². The van der Waals surface area contributed by atoms with Crippen LogP contribution in [-0.2, 0) is 22.5 Å². The van der Waals surface area contributed by atoms with Gasteiger partial charge in [0, 0.05) is 56.0 Å². The molecule has 3 aliphatic rings. The number of amides is 1. The first kappa shape index (κ1) is 38.7. The second kappa shape index (κ2) is 14.7. The van der Waals surface area contributed by atoms with Crippen LogP contribution in [0.2, 0.25) is 10.0 Å².